The van der Waals surface area contributed by atoms with Gasteiger partial charge in [0.15, 0.2) is 0 Å². The van der Waals surface area contributed by atoms with E-state index in [1.165, 1.54) is 6.07 Å². The Hall–Kier alpha value is -2.37. The van der Waals surface area contributed by atoms with Crippen molar-refractivity contribution < 1.29 is 13.7 Å². The van der Waals surface area contributed by atoms with Gasteiger partial charge in [-0.1, -0.05) is 25.1 Å². The standard InChI is InChI=1S/C18H22FN3O2/c1-11(2)17-10-15(21-24-17)16-5-4-8-22(16)18(23)20-13-7-6-12(3)14(19)9-13/h6-7,9-11,16H,4-5,8H2,1-3H3,(H,20,23). The summed E-state index contributed by atoms with van der Waals surface area (Å²) in [6.45, 7) is 6.41. The quantitative estimate of drug-likeness (QED) is 0.893. The average Bonchev–Trinajstić information content (AvgIpc) is 3.18. The lowest BCUT2D eigenvalue weighted by molar-refractivity contribution is 0.204. The molecule has 5 nitrogen and oxygen atoms in total. The summed E-state index contributed by atoms with van der Waals surface area (Å²) in [6.07, 6.45) is 1.75. The molecule has 1 aromatic heterocycles. The summed E-state index contributed by atoms with van der Waals surface area (Å²) in [4.78, 5) is 14.3. The van der Waals surface area contributed by atoms with Gasteiger partial charge < -0.3 is 14.7 Å². The topological polar surface area (TPSA) is 58.4 Å². The van der Waals surface area contributed by atoms with Crippen LogP contribution in [-0.2, 0) is 0 Å². The summed E-state index contributed by atoms with van der Waals surface area (Å²) < 4.78 is 19.0. The van der Waals surface area contributed by atoms with Gasteiger partial charge in [0.05, 0.1) is 6.04 Å². The zero-order valence-corrected chi connectivity index (χ0v) is 14.2. The molecule has 2 heterocycles. The molecule has 0 spiro atoms. The fourth-order valence-corrected chi connectivity index (χ4v) is 2.92. The number of hydrogen-bond acceptors (Lipinski definition) is 3. The molecule has 3 rings (SSSR count). The Labute approximate surface area is 140 Å². The van der Waals surface area contributed by atoms with Crippen LogP contribution in [-0.4, -0.2) is 22.6 Å². The predicted octanol–water partition coefficient (Wildman–Crippen LogP) is 4.61. The molecule has 1 aliphatic rings. The van der Waals surface area contributed by atoms with Crippen LogP contribution in [0.25, 0.3) is 0 Å². The van der Waals surface area contributed by atoms with Gasteiger partial charge >= 0.3 is 6.03 Å². The summed E-state index contributed by atoms with van der Waals surface area (Å²) >= 11 is 0. The summed E-state index contributed by atoms with van der Waals surface area (Å²) in [5.74, 6) is 0.743. The summed E-state index contributed by atoms with van der Waals surface area (Å²) in [7, 11) is 0. The number of carbonyl (C=O) groups is 1. The molecule has 1 atom stereocenters. The minimum atomic E-state index is -0.330. The SMILES string of the molecule is Cc1ccc(NC(=O)N2CCCC2c2cc(C(C)C)on2)cc1F. The van der Waals surface area contributed by atoms with Gasteiger partial charge in [-0.05, 0) is 37.5 Å². The largest absolute Gasteiger partial charge is 0.361 e. The highest BCUT2D eigenvalue weighted by Gasteiger charge is 2.32. The number of likely N-dealkylation sites (tertiary alicyclic amines) is 1. The number of hydrogen-bond donors (Lipinski definition) is 1. The van der Waals surface area contributed by atoms with Crippen molar-refractivity contribution >= 4 is 11.7 Å². The van der Waals surface area contributed by atoms with Crippen molar-refractivity contribution in [2.24, 2.45) is 0 Å². The summed E-state index contributed by atoms with van der Waals surface area (Å²) in [6, 6.07) is 6.27. The fourth-order valence-electron chi connectivity index (χ4n) is 2.92. The number of carbonyl (C=O) groups excluding carboxylic acids is 1. The molecule has 24 heavy (non-hydrogen) atoms. The number of urea groups is 1. The van der Waals surface area contributed by atoms with Gasteiger partial charge in [0, 0.05) is 24.2 Å². The zero-order chi connectivity index (χ0) is 17.3. The smallest absolute Gasteiger partial charge is 0.322 e. The molecule has 1 saturated heterocycles. The van der Waals surface area contributed by atoms with E-state index in [1.807, 2.05) is 19.9 Å². The zero-order valence-electron chi connectivity index (χ0n) is 14.2. The van der Waals surface area contributed by atoms with E-state index in [0.717, 1.165) is 24.3 Å². The molecule has 0 radical (unpaired) electrons. The van der Waals surface area contributed by atoms with Crippen LogP contribution in [0.15, 0.2) is 28.8 Å². The second-order valence-electron chi connectivity index (χ2n) is 6.55. The lowest BCUT2D eigenvalue weighted by Gasteiger charge is -2.23. The number of halogens is 1. The Kier molecular flexibility index (Phi) is 4.55. The van der Waals surface area contributed by atoms with Crippen molar-refractivity contribution in [1.82, 2.24) is 10.1 Å². The maximum absolute atomic E-state index is 13.6. The van der Waals surface area contributed by atoms with Gasteiger partial charge in [0.2, 0.25) is 0 Å². The highest BCUT2D eigenvalue weighted by Crippen LogP contribution is 2.33. The molecule has 1 aromatic carbocycles. The third-order valence-corrected chi connectivity index (χ3v) is 4.39. The highest BCUT2D eigenvalue weighted by molar-refractivity contribution is 5.89. The maximum Gasteiger partial charge on any atom is 0.322 e. The molecule has 2 amide bonds. The highest BCUT2D eigenvalue weighted by atomic mass is 19.1. The number of anilines is 1. The Balaban J connectivity index is 1.74. The molecule has 1 N–H and O–H groups in total. The molecular weight excluding hydrogens is 309 g/mol. The molecule has 128 valence electrons. The van der Waals surface area contributed by atoms with Crippen LogP contribution in [0.1, 0.15) is 55.7 Å². The molecule has 2 aromatic rings. The first-order chi connectivity index (χ1) is 11.5. The van der Waals surface area contributed by atoms with Crippen LogP contribution in [0.3, 0.4) is 0 Å². The molecule has 0 bridgehead atoms. The molecule has 0 saturated carbocycles. The Morgan fingerprint density at radius 2 is 2.21 bits per heavy atom. The Bertz CT molecular complexity index is 742. The third kappa shape index (κ3) is 3.27. The number of nitrogens with one attached hydrogen (secondary N) is 1. The number of aryl methyl sites for hydroxylation is 1. The second-order valence-corrected chi connectivity index (χ2v) is 6.55. The van der Waals surface area contributed by atoms with Crippen molar-refractivity contribution in [1.29, 1.82) is 0 Å². The average molecular weight is 331 g/mol. The first kappa shape index (κ1) is 16.5. The lowest BCUT2D eigenvalue weighted by Crippen LogP contribution is -2.34. The van der Waals surface area contributed by atoms with E-state index in [4.69, 9.17) is 4.52 Å². The number of rotatable bonds is 3. The number of aromatic nitrogens is 1. The second kappa shape index (κ2) is 6.63. The van der Waals surface area contributed by atoms with Gasteiger partial charge in [-0.3, -0.25) is 0 Å². The molecule has 0 aliphatic carbocycles. The van der Waals surface area contributed by atoms with Crippen LogP contribution in [0.5, 0.6) is 0 Å². The lowest BCUT2D eigenvalue weighted by atomic mass is 10.1. The van der Waals surface area contributed by atoms with Gasteiger partial charge in [-0.25, -0.2) is 9.18 Å². The van der Waals surface area contributed by atoms with E-state index in [0.29, 0.717) is 17.8 Å². The van der Waals surface area contributed by atoms with Crippen molar-refractivity contribution in [3.63, 3.8) is 0 Å². The molecule has 1 aliphatic heterocycles. The maximum atomic E-state index is 13.6. The van der Waals surface area contributed by atoms with Crippen LogP contribution >= 0.6 is 0 Å². The normalized spacial score (nSPS) is 17.5. The predicted molar refractivity (Wildman–Crippen MR) is 89.4 cm³/mol. The van der Waals surface area contributed by atoms with E-state index < -0.39 is 0 Å². The van der Waals surface area contributed by atoms with Gasteiger partial charge in [-0.15, -0.1) is 0 Å². The molecular formula is C18H22FN3O2. The van der Waals surface area contributed by atoms with E-state index in [9.17, 15) is 9.18 Å². The van der Waals surface area contributed by atoms with Crippen molar-refractivity contribution in [3.8, 4) is 0 Å². The minimum absolute atomic E-state index is 0.100. The summed E-state index contributed by atoms with van der Waals surface area (Å²) in [5.41, 5.74) is 1.79. The fraction of sp³-hybridized carbons (Fsp3) is 0.444. The van der Waals surface area contributed by atoms with Crippen LogP contribution in [0.4, 0.5) is 14.9 Å². The van der Waals surface area contributed by atoms with E-state index in [1.54, 1.807) is 24.0 Å². The Morgan fingerprint density at radius 1 is 1.42 bits per heavy atom. The monoisotopic (exact) mass is 331 g/mol. The number of nitrogens with zero attached hydrogens (tertiary/aromatic N) is 2. The number of benzene rings is 1. The van der Waals surface area contributed by atoms with Crippen LogP contribution in [0.2, 0.25) is 0 Å². The molecule has 1 unspecified atom stereocenters. The summed E-state index contributed by atoms with van der Waals surface area (Å²) in [5, 5.41) is 6.90. The van der Waals surface area contributed by atoms with Gasteiger partial charge in [-0.2, -0.15) is 0 Å². The minimum Gasteiger partial charge on any atom is -0.361 e. The number of amides is 2. The van der Waals surface area contributed by atoms with Crippen LogP contribution in [0, 0.1) is 12.7 Å². The van der Waals surface area contributed by atoms with Gasteiger partial charge in [0.1, 0.15) is 17.3 Å². The van der Waals surface area contributed by atoms with Crippen molar-refractivity contribution in [2.75, 3.05) is 11.9 Å². The van der Waals surface area contributed by atoms with E-state index in [2.05, 4.69) is 10.5 Å². The third-order valence-electron chi connectivity index (χ3n) is 4.39. The van der Waals surface area contributed by atoms with Crippen molar-refractivity contribution in [3.05, 3.63) is 47.1 Å². The van der Waals surface area contributed by atoms with Crippen LogP contribution < -0.4 is 5.32 Å². The Morgan fingerprint density at radius 3 is 2.88 bits per heavy atom. The van der Waals surface area contributed by atoms with Gasteiger partial charge in [0.25, 0.3) is 0 Å². The first-order valence-corrected chi connectivity index (χ1v) is 8.26. The van der Waals surface area contributed by atoms with Crippen molar-refractivity contribution in [2.45, 2.75) is 45.6 Å². The molecule has 6 heteroatoms. The van der Waals surface area contributed by atoms with E-state index in [-0.39, 0.29) is 23.8 Å². The first-order valence-electron chi connectivity index (χ1n) is 8.26. The molecule has 1 fully saturated rings. The van der Waals surface area contributed by atoms with E-state index >= 15 is 0 Å².